The number of benzene rings is 1. The molecule has 1 aliphatic heterocycles. The van der Waals surface area contributed by atoms with Crippen molar-refractivity contribution in [1.82, 2.24) is 0 Å². The summed E-state index contributed by atoms with van der Waals surface area (Å²) in [5.41, 5.74) is 0.159. The highest BCUT2D eigenvalue weighted by Gasteiger charge is 2.52. The van der Waals surface area contributed by atoms with Gasteiger partial charge in [-0.25, -0.2) is 0 Å². The van der Waals surface area contributed by atoms with E-state index in [0.29, 0.717) is 0 Å². The van der Waals surface area contributed by atoms with Crippen LogP contribution >= 0.6 is 11.3 Å². The van der Waals surface area contributed by atoms with E-state index < -0.39 is 7.12 Å². The molecule has 1 aromatic heterocycles. The summed E-state index contributed by atoms with van der Waals surface area (Å²) in [6, 6.07) is 6.17. The zero-order chi connectivity index (χ0) is 16.0. The smallest absolute Gasteiger partial charge is 0.466 e. The maximum Gasteiger partial charge on any atom is 0.498 e. The molecule has 0 atom stereocenters. The quantitative estimate of drug-likeness (QED) is 0.640. The summed E-state index contributed by atoms with van der Waals surface area (Å²) in [6.07, 6.45) is 0. The van der Waals surface area contributed by atoms with Crippen LogP contribution < -0.4 is 10.2 Å². The van der Waals surface area contributed by atoms with Gasteiger partial charge < -0.3 is 18.8 Å². The number of thiophene rings is 1. The van der Waals surface area contributed by atoms with Crippen molar-refractivity contribution in [2.75, 3.05) is 13.9 Å². The van der Waals surface area contributed by atoms with Gasteiger partial charge in [0.25, 0.3) is 0 Å². The number of methoxy groups -OCH3 is 1. The maximum atomic E-state index is 6.16. The Morgan fingerprint density at radius 2 is 1.77 bits per heavy atom. The van der Waals surface area contributed by atoms with Crippen LogP contribution in [0.4, 0.5) is 0 Å². The molecule has 0 spiro atoms. The first-order valence-electron chi connectivity index (χ1n) is 7.33. The minimum absolute atomic E-state index is 0.198. The molecule has 2 aromatic rings. The standard InChI is InChI=1S/C16H21BO4S/c1-15(2)16(3,4)21-17(20-15)12-7-6-11-8-9-22-14(11)13(12)19-10-18-5/h6-9H,10H2,1-5H3. The largest absolute Gasteiger partial charge is 0.498 e. The van der Waals surface area contributed by atoms with Crippen LogP contribution in [0.15, 0.2) is 23.6 Å². The maximum absolute atomic E-state index is 6.16. The number of fused-ring (bicyclic) bond motifs is 1. The Morgan fingerprint density at radius 1 is 1.09 bits per heavy atom. The SMILES string of the molecule is COCOc1c(B2OC(C)(C)C(C)(C)O2)ccc2ccsc12. The highest BCUT2D eigenvalue weighted by molar-refractivity contribution is 7.17. The van der Waals surface area contributed by atoms with Crippen LogP contribution in [-0.2, 0) is 14.0 Å². The van der Waals surface area contributed by atoms with E-state index in [1.165, 1.54) is 0 Å². The average molecular weight is 320 g/mol. The van der Waals surface area contributed by atoms with Crippen LogP contribution in [0.3, 0.4) is 0 Å². The monoisotopic (exact) mass is 320 g/mol. The number of hydrogen-bond donors (Lipinski definition) is 0. The van der Waals surface area contributed by atoms with Gasteiger partial charge in [-0.15, -0.1) is 11.3 Å². The second-order valence-electron chi connectivity index (χ2n) is 6.46. The van der Waals surface area contributed by atoms with Crippen LogP contribution in [0, 0.1) is 0 Å². The van der Waals surface area contributed by atoms with Gasteiger partial charge in [-0.05, 0) is 44.5 Å². The minimum atomic E-state index is -0.441. The molecule has 1 fully saturated rings. The van der Waals surface area contributed by atoms with Crippen molar-refractivity contribution in [2.45, 2.75) is 38.9 Å². The lowest BCUT2D eigenvalue weighted by atomic mass is 9.78. The summed E-state index contributed by atoms with van der Waals surface area (Å²) < 4.78 is 24.3. The third-order valence-electron chi connectivity index (χ3n) is 4.43. The molecule has 6 heteroatoms. The van der Waals surface area contributed by atoms with E-state index in [4.69, 9.17) is 18.8 Å². The summed E-state index contributed by atoms with van der Waals surface area (Å²) in [5, 5.41) is 3.20. The minimum Gasteiger partial charge on any atom is -0.466 e. The summed E-state index contributed by atoms with van der Waals surface area (Å²) in [6.45, 7) is 8.39. The Kier molecular flexibility index (Phi) is 3.97. The van der Waals surface area contributed by atoms with Gasteiger partial charge in [0.2, 0.25) is 0 Å². The Labute approximate surface area is 135 Å². The van der Waals surface area contributed by atoms with Crippen molar-refractivity contribution >= 4 is 34.0 Å². The molecule has 22 heavy (non-hydrogen) atoms. The Bertz CT molecular complexity index is 664. The lowest BCUT2D eigenvalue weighted by Gasteiger charge is -2.32. The molecule has 0 unspecified atom stereocenters. The normalized spacial score (nSPS) is 19.8. The van der Waals surface area contributed by atoms with E-state index in [0.717, 1.165) is 21.3 Å². The molecular weight excluding hydrogens is 299 g/mol. The number of hydrogen-bond acceptors (Lipinski definition) is 5. The second-order valence-corrected chi connectivity index (χ2v) is 7.38. The van der Waals surface area contributed by atoms with Crippen LogP contribution in [0.2, 0.25) is 0 Å². The van der Waals surface area contributed by atoms with E-state index >= 15 is 0 Å². The zero-order valence-corrected chi connectivity index (χ0v) is 14.5. The first-order chi connectivity index (χ1) is 10.4. The third-order valence-corrected chi connectivity index (χ3v) is 5.36. The summed E-state index contributed by atoms with van der Waals surface area (Å²) in [5.74, 6) is 0.785. The highest BCUT2D eigenvalue weighted by Crippen LogP contribution is 2.38. The van der Waals surface area contributed by atoms with Crippen molar-refractivity contribution in [3.63, 3.8) is 0 Å². The van der Waals surface area contributed by atoms with E-state index in [9.17, 15) is 0 Å². The fourth-order valence-electron chi connectivity index (χ4n) is 2.44. The molecule has 1 aliphatic rings. The van der Waals surface area contributed by atoms with E-state index in [1.54, 1.807) is 18.4 Å². The molecule has 2 heterocycles. The van der Waals surface area contributed by atoms with Gasteiger partial charge in [0.05, 0.1) is 15.9 Å². The summed E-state index contributed by atoms with van der Waals surface area (Å²) in [7, 11) is 1.17. The van der Waals surface area contributed by atoms with Crippen molar-refractivity contribution in [3.05, 3.63) is 23.6 Å². The molecule has 0 N–H and O–H groups in total. The van der Waals surface area contributed by atoms with Gasteiger partial charge >= 0.3 is 7.12 Å². The molecule has 4 nitrogen and oxygen atoms in total. The lowest BCUT2D eigenvalue weighted by Crippen LogP contribution is -2.41. The number of ether oxygens (including phenoxy) is 2. The topological polar surface area (TPSA) is 36.9 Å². The lowest BCUT2D eigenvalue weighted by molar-refractivity contribution is 0.00578. The van der Waals surface area contributed by atoms with Gasteiger partial charge in [-0.3, -0.25) is 0 Å². The molecular formula is C16H21BO4S. The molecule has 118 valence electrons. The zero-order valence-electron chi connectivity index (χ0n) is 13.6. The van der Waals surface area contributed by atoms with E-state index in [1.807, 2.05) is 33.8 Å². The molecule has 0 aliphatic carbocycles. The molecule has 0 radical (unpaired) electrons. The first-order valence-corrected chi connectivity index (χ1v) is 8.21. The van der Waals surface area contributed by atoms with E-state index in [2.05, 4.69) is 17.5 Å². The van der Waals surface area contributed by atoms with Crippen molar-refractivity contribution in [3.8, 4) is 5.75 Å². The Balaban J connectivity index is 2.03. The van der Waals surface area contributed by atoms with Crippen molar-refractivity contribution in [1.29, 1.82) is 0 Å². The van der Waals surface area contributed by atoms with Crippen molar-refractivity contribution in [2.24, 2.45) is 0 Å². The molecule has 0 amide bonds. The molecule has 0 saturated carbocycles. The molecule has 1 aromatic carbocycles. The van der Waals surface area contributed by atoms with E-state index in [-0.39, 0.29) is 18.0 Å². The van der Waals surface area contributed by atoms with Gasteiger partial charge in [-0.2, -0.15) is 0 Å². The molecule has 3 rings (SSSR count). The van der Waals surface area contributed by atoms with Gasteiger partial charge in [0.1, 0.15) is 5.75 Å². The number of rotatable bonds is 4. The van der Waals surface area contributed by atoms with Crippen LogP contribution in [0.5, 0.6) is 5.75 Å². The van der Waals surface area contributed by atoms with Gasteiger partial charge in [0.15, 0.2) is 6.79 Å². The molecule has 0 bridgehead atoms. The predicted molar refractivity (Wildman–Crippen MR) is 90.0 cm³/mol. The Hall–Kier alpha value is -1.08. The fraction of sp³-hybridized carbons (Fsp3) is 0.500. The van der Waals surface area contributed by atoms with Crippen LogP contribution in [-0.4, -0.2) is 32.2 Å². The highest BCUT2D eigenvalue weighted by atomic mass is 32.1. The van der Waals surface area contributed by atoms with Gasteiger partial charge in [0, 0.05) is 12.6 Å². The third kappa shape index (κ3) is 2.54. The Morgan fingerprint density at radius 3 is 2.41 bits per heavy atom. The van der Waals surface area contributed by atoms with Gasteiger partial charge in [-0.1, -0.05) is 12.1 Å². The average Bonchev–Trinajstić information content (AvgIpc) is 2.98. The summed E-state index contributed by atoms with van der Waals surface area (Å²) in [4.78, 5) is 0. The predicted octanol–water partition coefficient (Wildman–Crippen LogP) is 3.18. The summed E-state index contributed by atoms with van der Waals surface area (Å²) >= 11 is 1.65. The first kappa shape index (κ1) is 15.8. The molecule has 1 saturated heterocycles. The second kappa shape index (κ2) is 5.53. The van der Waals surface area contributed by atoms with Crippen LogP contribution in [0.1, 0.15) is 27.7 Å². The fourth-order valence-corrected chi connectivity index (χ4v) is 3.35. The van der Waals surface area contributed by atoms with Crippen LogP contribution in [0.25, 0.3) is 10.1 Å². The van der Waals surface area contributed by atoms with Crippen molar-refractivity contribution < 1.29 is 18.8 Å².